The molecule has 0 unspecified atom stereocenters. The van der Waals surface area contributed by atoms with Crippen LogP contribution in [0.25, 0.3) is 77.1 Å². The molecule has 0 bridgehead atoms. The lowest BCUT2D eigenvalue weighted by Crippen LogP contribution is -2.14. The highest BCUT2D eigenvalue weighted by atomic mass is 14.7. The molecule has 0 saturated carbocycles. The highest BCUT2D eigenvalue weighted by molar-refractivity contribution is 6.31. The summed E-state index contributed by atoms with van der Waals surface area (Å²) in [5, 5.41) is 7.56. The van der Waals surface area contributed by atoms with Crippen molar-refractivity contribution in [2.75, 3.05) is 0 Å². The molecule has 0 aliphatic heterocycles. The summed E-state index contributed by atoms with van der Waals surface area (Å²) in [6.45, 7) is 26.8. The molecule has 2 heterocycles. The first kappa shape index (κ1) is 35.7. The van der Waals surface area contributed by atoms with Crippen LogP contribution < -0.4 is 0 Å². The van der Waals surface area contributed by atoms with E-state index >= 15 is 0 Å². The quantitative estimate of drug-likeness (QED) is 0.170. The molecular weight excluding hydrogens is 653 g/mol. The van der Waals surface area contributed by atoms with Crippen molar-refractivity contribution >= 4 is 32.3 Å². The Labute approximate surface area is 321 Å². The average Bonchev–Trinajstić information content (AvgIpc) is 3.11. The molecule has 54 heavy (non-hydrogen) atoms. The van der Waals surface area contributed by atoms with Gasteiger partial charge in [0.05, 0.1) is 11.4 Å². The third kappa shape index (κ3) is 6.06. The van der Waals surface area contributed by atoms with Gasteiger partial charge in [-0.1, -0.05) is 113 Å². The molecule has 0 radical (unpaired) electrons. The minimum Gasteiger partial charge on any atom is -0.252 e. The second-order valence-corrected chi connectivity index (χ2v) is 18.0. The fraction of sp³-hybridized carbons (Fsp3) is 0.269. The lowest BCUT2D eigenvalue weighted by Gasteiger charge is -2.24. The average molecular weight is 705 g/mol. The predicted molar refractivity (Wildman–Crippen MR) is 233 cm³/mol. The van der Waals surface area contributed by atoms with Crippen LogP contribution in [0.4, 0.5) is 0 Å². The van der Waals surface area contributed by atoms with Gasteiger partial charge in [-0.15, -0.1) is 0 Å². The molecule has 0 fully saturated rings. The van der Waals surface area contributed by atoms with Crippen molar-refractivity contribution in [2.24, 2.45) is 0 Å². The van der Waals surface area contributed by atoms with Crippen LogP contribution in [-0.4, -0.2) is 9.97 Å². The maximum Gasteiger partial charge on any atom is 0.0714 e. The van der Waals surface area contributed by atoms with Gasteiger partial charge in [0.1, 0.15) is 0 Å². The molecule has 0 aliphatic rings. The van der Waals surface area contributed by atoms with Crippen molar-refractivity contribution in [3.05, 3.63) is 142 Å². The fourth-order valence-electron chi connectivity index (χ4n) is 8.29. The van der Waals surface area contributed by atoms with Crippen LogP contribution in [0.15, 0.2) is 97.1 Å². The van der Waals surface area contributed by atoms with Crippen molar-refractivity contribution < 1.29 is 0 Å². The van der Waals surface area contributed by atoms with E-state index in [9.17, 15) is 0 Å². The summed E-state index contributed by atoms with van der Waals surface area (Å²) in [7, 11) is 0. The topological polar surface area (TPSA) is 25.8 Å². The van der Waals surface area contributed by atoms with Crippen LogP contribution in [0.2, 0.25) is 0 Å². The molecule has 6 aromatic carbocycles. The van der Waals surface area contributed by atoms with Crippen LogP contribution in [0.5, 0.6) is 0 Å². The largest absolute Gasteiger partial charge is 0.252 e. The molecule has 0 N–H and O–H groups in total. The Morgan fingerprint density at radius 2 is 0.685 bits per heavy atom. The molecule has 0 aliphatic carbocycles. The number of aromatic nitrogens is 2. The van der Waals surface area contributed by atoms with Gasteiger partial charge in [0, 0.05) is 33.3 Å². The Morgan fingerprint density at radius 1 is 0.333 bits per heavy atom. The van der Waals surface area contributed by atoms with Crippen LogP contribution in [0.3, 0.4) is 0 Å². The van der Waals surface area contributed by atoms with E-state index in [0.29, 0.717) is 0 Å². The number of hydrogen-bond acceptors (Lipinski definition) is 2. The number of pyridine rings is 2. The van der Waals surface area contributed by atoms with E-state index in [1.165, 1.54) is 99.1 Å². The molecule has 8 aromatic rings. The second kappa shape index (κ2) is 12.6. The number of rotatable bonds is 4. The maximum atomic E-state index is 5.42. The van der Waals surface area contributed by atoms with Gasteiger partial charge in [-0.05, 0) is 155 Å². The molecule has 2 aromatic heterocycles. The van der Waals surface area contributed by atoms with E-state index in [1.807, 2.05) is 0 Å². The summed E-state index contributed by atoms with van der Waals surface area (Å²) in [5.41, 5.74) is 19.0. The summed E-state index contributed by atoms with van der Waals surface area (Å²) in [6, 6.07) is 37.0. The minimum atomic E-state index is -0.0806. The van der Waals surface area contributed by atoms with Gasteiger partial charge in [-0.3, -0.25) is 9.97 Å². The predicted octanol–water partition coefficient (Wildman–Crippen LogP) is 14.5. The van der Waals surface area contributed by atoms with Crippen LogP contribution in [-0.2, 0) is 10.8 Å². The normalized spacial score (nSPS) is 12.4. The van der Waals surface area contributed by atoms with Crippen molar-refractivity contribution in [3.8, 4) is 44.8 Å². The van der Waals surface area contributed by atoms with Crippen molar-refractivity contribution in [1.29, 1.82) is 0 Å². The summed E-state index contributed by atoms with van der Waals surface area (Å²) in [4.78, 5) is 10.8. The highest BCUT2D eigenvalue weighted by Crippen LogP contribution is 2.49. The SMILES string of the molecule is Cc1cc(-c2cc(-c3cc(C)ccc3C)c3ccc4c(-c5cc(C)cc(C(C)(C)C)n5)cc(-c5cc(C)ccc5C)c5ccc2c3c45)nc(C(C)(C)C)c1. The lowest BCUT2D eigenvalue weighted by atomic mass is 9.81. The third-order valence-electron chi connectivity index (χ3n) is 11.3. The van der Waals surface area contributed by atoms with Gasteiger partial charge in [-0.2, -0.15) is 0 Å². The van der Waals surface area contributed by atoms with E-state index in [0.717, 1.165) is 22.8 Å². The van der Waals surface area contributed by atoms with E-state index < -0.39 is 0 Å². The van der Waals surface area contributed by atoms with E-state index in [-0.39, 0.29) is 10.8 Å². The Hall–Kier alpha value is -5.34. The second-order valence-electron chi connectivity index (χ2n) is 18.0. The monoisotopic (exact) mass is 704 g/mol. The zero-order valence-electron chi connectivity index (χ0n) is 34.1. The van der Waals surface area contributed by atoms with Gasteiger partial charge in [0.15, 0.2) is 0 Å². The molecular formula is C52H52N2. The highest BCUT2D eigenvalue weighted by Gasteiger charge is 2.25. The van der Waals surface area contributed by atoms with Crippen molar-refractivity contribution in [2.45, 2.75) is 93.9 Å². The van der Waals surface area contributed by atoms with Gasteiger partial charge in [-0.25, -0.2) is 0 Å². The molecule has 0 saturated heterocycles. The first-order chi connectivity index (χ1) is 25.5. The molecule has 270 valence electrons. The van der Waals surface area contributed by atoms with Crippen LogP contribution in [0.1, 0.15) is 86.3 Å². The summed E-state index contributed by atoms with van der Waals surface area (Å²) >= 11 is 0. The number of hydrogen-bond donors (Lipinski definition) is 0. The van der Waals surface area contributed by atoms with E-state index in [1.54, 1.807) is 0 Å². The molecule has 2 nitrogen and oxygen atoms in total. The summed E-state index contributed by atoms with van der Waals surface area (Å²) in [6.07, 6.45) is 0. The zero-order chi connectivity index (χ0) is 38.4. The van der Waals surface area contributed by atoms with Crippen LogP contribution in [0, 0.1) is 41.5 Å². The van der Waals surface area contributed by atoms with Gasteiger partial charge < -0.3 is 0 Å². The number of benzene rings is 6. The Balaban J connectivity index is 1.60. The zero-order valence-corrected chi connectivity index (χ0v) is 34.1. The lowest BCUT2D eigenvalue weighted by molar-refractivity contribution is 0.569. The molecule has 2 heteroatoms. The Morgan fingerprint density at radius 3 is 1.04 bits per heavy atom. The van der Waals surface area contributed by atoms with E-state index in [4.69, 9.17) is 9.97 Å². The Kier molecular flexibility index (Phi) is 8.34. The number of aryl methyl sites for hydroxylation is 6. The number of nitrogens with zero attached hydrogens (tertiary/aromatic N) is 2. The maximum absolute atomic E-state index is 5.42. The molecule has 0 spiro atoms. The third-order valence-corrected chi connectivity index (χ3v) is 11.3. The van der Waals surface area contributed by atoms with Gasteiger partial charge in [0.25, 0.3) is 0 Å². The molecule has 0 amide bonds. The summed E-state index contributed by atoms with van der Waals surface area (Å²) in [5.74, 6) is 0. The van der Waals surface area contributed by atoms with Gasteiger partial charge >= 0.3 is 0 Å². The standard InChI is InChI=1S/C52H52N2/c1-29-13-15-33(5)39(21-29)41-27-43(45-23-31(3)25-47(53-45)51(7,8)9)37-20-18-36-42(40-22-30(2)14-16-34(40)6)28-44(38-19-17-35(41)49(37)50(36)38)46-24-32(4)26-48(54-46)52(10,11)12/h13-28H,1-12H3. The summed E-state index contributed by atoms with van der Waals surface area (Å²) < 4.78 is 0. The minimum absolute atomic E-state index is 0.0806. The Bertz CT molecular complexity index is 2590. The van der Waals surface area contributed by atoms with Gasteiger partial charge in [0.2, 0.25) is 0 Å². The molecule has 8 rings (SSSR count). The smallest absolute Gasteiger partial charge is 0.0714 e. The first-order valence-corrected chi connectivity index (χ1v) is 19.4. The molecule has 0 atom stereocenters. The first-order valence-electron chi connectivity index (χ1n) is 19.4. The van der Waals surface area contributed by atoms with Crippen LogP contribution >= 0.6 is 0 Å². The van der Waals surface area contributed by atoms with Crippen molar-refractivity contribution in [3.63, 3.8) is 0 Å². The van der Waals surface area contributed by atoms with E-state index in [2.05, 4.69) is 180 Å². The van der Waals surface area contributed by atoms with Crippen molar-refractivity contribution in [1.82, 2.24) is 9.97 Å². The fourth-order valence-corrected chi connectivity index (χ4v) is 8.29.